The molecule has 8 heterocycles. The summed E-state index contributed by atoms with van der Waals surface area (Å²) in [5.74, 6) is 2.32. The quantitative estimate of drug-likeness (QED) is 0.0679. The number of aryl methyl sites for hydroxylation is 6. The van der Waals surface area contributed by atoms with E-state index in [1.165, 1.54) is 9.80 Å². The van der Waals surface area contributed by atoms with Crippen molar-refractivity contribution in [3.05, 3.63) is 185 Å². The summed E-state index contributed by atoms with van der Waals surface area (Å²) in [6, 6.07) is 36.2. The number of alkyl halides is 2. The van der Waals surface area contributed by atoms with Crippen molar-refractivity contribution >= 4 is 57.7 Å². The Labute approximate surface area is 550 Å². The topological polar surface area (TPSA) is 267 Å². The van der Waals surface area contributed by atoms with E-state index >= 15 is 0 Å². The highest BCUT2D eigenvalue weighted by Gasteiger charge is 2.38. The van der Waals surface area contributed by atoms with Gasteiger partial charge in [-0.25, -0.2) is 48.3 Å². The second-order valence-electron chi connectivity index (χ2n) is 23.4. The van der Waals surface area contributed by atoms with Gasteiger partial charge in [0.25, 0.3) is 0 Å². The van der Waals surface area contributed by atoms with Gasteiger partial charge in [0, 0.05) is 64.5 Å². The zero-order valence-corrected chi connectivity index (χ0v) is 54.2. The zero-order chi connectivity index (χ0) is 66.5. The molecule has 0 aliphatic heterocycles. The number of pyridine rings is 2. The average Bonchev–Trinajstić information content (AvgIpc) is 1.63. The van der Waals surface area contributed by atoms with Crippen LogP contribution in [0.25, 0.3) is 72.8 Å². The fraction of sp³-hybridized carbons (Fsp3) is 0.314. The van der Waals surface area contributed by atoms with E-state index in [9.17, 15) is 18.4 Å². The predicted molar refractivity (Wildman–Crippen MR) is 356 cm³/mol. The Balaban J connectivity index is 0.000000187. The highest BCUT2D eigenvalue weighted by atomic mass is 32.1. The molecule has 0 saturated heterocycles. The fourth-order valence-corrected chi connectivity index (χ4v) is 12.7. The first-order chi connectivity index (χ1) is 46.2. The lowest BCUT2D eigenvalue weighted by atomic mass is 10.1. The van der Waals surface area contributed by atoms with Crippen LogP contribution in [0.4, 0.5) is 30.3 Å². The third kappa shape index (κ3) is 14.9. The molecule has 25 heteroatoms. The minimum atomic E-state index is -0.750. The first kappa shape index (κ1) is 65.9. The second kappa shape index (κ2) is 30.5. The number of aromatic nitrogens is 10. The van der Waals surface area contributed by atoms with E-state index in [1.54, 1.807) is 12.4 Å². The largest absolute Gasteiger partial charge is 0.445 e. The number of fused-ring (bicyclic) bond motifs is 2. The van der Waals surface area contributed by atoms with E-state index in [0.717, 1.165) is 151 Å². The Hall–Kier alpha value is -10.6. The summed E-state index contributed by atoms with van der Waals surface area (Å²) >= 11 is -0.750. The number of hydrogen-bond donors (Lipinski definition) is 3. The van der Waals surface area contributed by atoms with Crippen LogP contribution in [0.2, 0.25) is 0 Å². The van der Waals surface area contributed by atoms with Gasteiger partial charge < -0.3 is 48.5 Å². The maximum Gasteiger partial charge on any atom is 0.410 e. The molecule has 22 nitrogen and oxygen atoms in total. The molecule has 2 aliphatic rings. The van der Waals surface area contributed by atoms with Gasteiger partial charge in [0.15, 0.2) is 0 Å². The second-order valence-corrected chi connectivity index (χ2v) is 23.5. The maximum atomic E-state index is 13.7. The van der Waals surface area contributed by atoms with Gasteiger partial charge in [-0.1, -0.05) is 89.2 Å². The summed E-state index contributed by atoms with van der Waals surface area (Å²) < 4.78 is 67.9. The molecule has 95 heavy (non-hydrogen) atoms. The van der Waals surface area contributed by atoms with Crippen LogP contribution >= 0.6 is 0 Å². The van der Waals surface area contributed by atoms with Crippen molar-refractivity contribution in [3.8, 4) is 50.7 Å². The molecule has 0 bridgehead atoms. The molecule has 3 aromatic carbocycles. The molecule has 13 rings (SSSR count). The summed E-state index contributed by atoms with van der Waals surface area (Å²) in [5.41, 5.74) is 14.3. The Morgan fingerprint density at radius 1 is 0.600 bits per heavy atom. The lowest BCUT2D eigenvalue weighted by molar-refractivity contribution is 0.0759. The molecule has 0 radical (unpaired) electrons. The highest BCUT2D eigenvalue weighted by molar-refractivity contribution is 7.51. The van der Waals surface area contributed by atoms with Crippen LogP contribution in [-0.4, -0.2) is 131 Å². The summed E-state index contributed by atoms with van der Waals surface area (Å²) in [6.45, 7) is 10.4. The van der Waals surface area contributed by atoms with Crippen LogP contribution in [-0.2, 0) is 34.3 Å². The molecular weight excluding hydrogens is 1230 g/mol. The monoisotopic (exact) mass is 1310 g/mol. The molecule has 2 saturated carbocycles. The molecule has 0 unspecified atom stereocenters. The lowest BCUT2D eigenvalue weighted by Gasteiger charge is -2.32. The number of aromatic amines is 1. The third-order valence-electron chi connectivity index (χ3n) is 17.2. The van der Waals surface area contributed by atoms with Crippen molar-refractivity contribution in [2.45, 2.75) is 117 Å². The molecule has 2 amide bonds. The van der Waals surface area contributed by atoms with Gasteiger partial charge in [0.05, 0.1) is 70.5 Å². The minimum absolute atomic E-state index is 0.0330. The number of carbonyl (C=O) groups is 2. The molecule has 490 valence electrons. The predicted octanol–water partition coefficient (Wildman–Crippen LogP) is 13.9. The van der Waals surface area contributed by atoms with Crippen molar-refractivity contribution in [2.75, 3.05) is 37.1 Å². The standard InChI is InChI=1S/C38H38FN7O3.C32H34FN7O3.O2S/c1-24-21-40-37(42-31-15-10-16-33(31)45(20-19-39)38(47)48-23-27-11-6-4-7-12-27)43-35(24)30-22-46(28-13-8-5-9-14-28)36-29(30)17-18-32(41-36)34-25(2)44-49-26(34)3;1-19-16-35-31(37-25-10-7-11-27(25)40(15-14-33)32(41)42-18-22-8-5-4-6-9-22)38-29(19)24-17-34-30-23(24)12-13-26(36-30)28-20(2)39-43-21(28)3;1-3-2/h4-9,11-14,17-18,21-22,31,33H,10,15-16,19-20,23H2,1-3H3,(H,40,42,43);4-6,8-9,12-13,16-17,25,27H,7,10-11,14-15,18H2,1-3H3,(H,34,36)(H,35,37,38);/t31-,33-;25-,27-;/m00./s1. The molecule has 3 N–H and O–H groups in total. The van der Waals surface area contributed by atoms with Gasteiger partial charge in [0.1, 0.15) is 49.4 Å². The van der Waals surface area contributed by atoms with Gasteiger partial charge in [-0.15, -0.1) is 0 Å². The van der Waals surface area contributed by atoms with E-state index in [1.807, 2.05) is 157 Å². The Morgan fingerprint density at radius 3 is 1.54 bits per heavy atom. The average molecular weight is 1310 g/mol. The zero-order valence-electron chi connectivity index (χ0n) is 53.4. The SMILES string of the molecule is Cc1cnc(N[C@H]2CCC[C@@H]2N(CCF)C(=O)OCc2ccccc2)nc1-c1c[nH]c2nc(-c3c(C)noc3C)ccc12.Cc1cnc(N[C@H]2CCC[C@@H]2N(CCF)C(=O)OCc2ccccc2)nc1-c1cn(-c2ccccc2)c2nc(-c3c(C)noc3C)ccc12.O=S=O. The summed E-state index contributed by atoms with van der Waals surface area (Å²) in [6.07, 6.45) is 11.3. The van der Waals surface area contributed by atoms with Crippen LogP contribution in [0.1, 0.15) is 83.7 Å². The molecule has 4 atom stereocenters. The van der Waals surface area contributed by atoms with Crippen molar-refractivity contribution in [2.24, 2.45) is 0 Å². The van der Waals surface area contributed by atoms with Crippen LogP contribution in [0.3, 0.4) is 0 Å². The van der Waals surface area contributed by atoms with E-state index in [-0.39, 0.29) is 50.5 Å². The number of carbonyl (C=O) groups excluding carboxylic acids is 2. The number of ether oxygens (including phenoxy) is 2. The fourth-order valence-electron chi connectivity index (χ4n) is 12.7. The van der Waals surface area contributed by atoms with Crippen molar-refractivity contribution in [3.63, 3.8) is 0 Å². The maximum absolute atomic E-state index is 13.7. The number of H-pyrrole nitrogens is 1. The molecule has 8 aromatic heterocycles. The Bertz CT molecular complexity index is 4450. The number of nitrogens with one attached hydrogen (secondary N) is 3. The minimum Gasteiger partial charge on any atom is -0.445 e. The number of nitrogens with zero attached hydrogens (tertiary/aromatic N) is 11. The van der Waals surface area contributed by atoms with Crippen LogP contribution in [0, 0.1) is 41.5 Å². The van der Waals surface area contributed by atoms with Gasteiger partial charge >= 0.3 is 23.8 Å². The van der Waals surface area contributed by atoms with E-state index in [0.29, 0.717) is 17.7 Å². The van der Waals surface area contributed by atoms with Gasteiger partial charge in [-0.3, -0.25) is 0 Å². The lowest BCUT2D eigenvalue weighted by Crippen LogP contribution is -2.48. The van der Waals surface area contributed by atoms with Crippen LogP contribution in [0.5, 0.6) is 0 Å². The Kier molecular flexibility index (Phi) is 21.1. The first-order valence-corrected chi connectivity index (χ1v) is 32.0. The molecule has 2 aliphatic carbocycles. The van der Waals surface area contributed by atoms with Gasteiger partial charge in [-0.05, 0) is 139 Å². The Morgan fingerprint density at radius 2 is 1.06 bits per heavy atom. The number of para-hydroxylation sites is 1. The molecule has 2 fully saturated rings. The van der Waals surface area contributed by atoms with E-state index in [4.69, 9.17) is 46.9 Å². The van der Waals surface area contributed by atoms with E-state index in [2.05, 4.69) is 52.7 Å². The van der Waals surface area contributed by atoms with Gasteiger partial charge in [0.2, 0.25) is 11.9 Å². The number of hydrogen-bond acceptors (Lipinski definition) is 18. The number of anilines is 2. The summed E-state index contributed by atoms with van der Waals surface area (Å²) in [5, 5.41) is 17.0. The van der Waals surface area contributed by atoms with Gasteiger partial charge in [-0.2, -0.15) is 8.42 Å². The number of benzene rings is 3. The first-order valence-electron chi connectivity index (χ1n) is 31.4. The molecule has 11 aromatic rings. The van der Waals surface area contributed by atoms with Crippen LogP contribution < -0.4 is 10.6 Å². The number of amides is 2. The summed E-state index contributed by atoms with van der Waals surface area (Å²) in [4.78, 5) is 61.6. The summed E-state index contributed by atoms with van der Waals surface area (Å²) in [7, 11) is 0. The van der Waals surface area contributed by atoms with Crippen molar-refractivity contribution in [1.82, 2.24) is 59.6 Å². The highest BCUT2D eigenvalue weighted by Crippen LogP contribution is 2.38. The number of halogens is 2. The number of rotatable bonds is 19. The van der Waals surface area contributed by atoms with Crippen molar-refractivity contribution in [1.29, 1.82) is 0 Å². The molecule has 0 spiro atoms. The van der Waals surface area contributed by atoms with Crippen molar-refractivity contribution < 1.29 is 45.3 Å². The van der Waals surface area contributed by atoms with E-state index < -0.39 is 37.1 Å². The van der Waals surface area contributed by atoms with Crippen LogP contribution in [0.15, 0.2) is 149 Å². The molecular formula is C70H72F2N14O8S. The smallest absolute Gasteiger partial charge is 0.410 e. The third-order valence-corrected chi connectivity index (χ3v) is 17.2. The normalized spacial score (nSPS) is 15.7.